The zero-order chi connectivity index (χ0) is 21.1. The second kappa shape index (κ2) is 9.66. The minimum Gasteiger partial charge on any atom is -0.349 e. The number of hydrogen-bond donors (Lipinski definition) is 5. The largest absolute Gasteiger partial charge is 0.392 e. The number of rotatable bonds is 5. The first-order valence-corrected chi connectivity index (χ1v) is 11.1. The van der Waals surface area contributed by atoms with Gasteiger partial charge in [-0.15, -0.1) is 0 Å². The van der Waals surface area contributed by atoms with Crippen molar-refractivity contribution in [3.05, 3.63) is 0 Å². The molecule has 4 aliphatic heterocycles. The van der Waals surface area contributed by atoms with Crippen molar-refractivity contribution in [2.45, 2.75) is 50.0 Å². The van der Waals surface area contributed by atoms with Crippen LogP contribution in [0.2, 0.25) is 0 Å². The quantitative estimate of drug-likeness (QED) is 0.408. The lowest BCUT2D eigenvalue weighted by atomic mass is 9.85. The van der Waals surface area contributed by atoms with E-state index >= 15 is 0 Å². The van der Waals surface area contributed by atoms with E-state index in [1.54, 1.807) is 0 Å². The first kappa shape index (κ1) is 22.2. The van der Waals surface area contributed by atoms with Crippen LogP contribution >= 0.6 is 0 Å². The van der Waals surface area contributed by atoms with Gasteiger partial charge in [0.1, 0.15) is 6.04 Å². The van der Waals surface area contributed by atoms with Crippen LogP contribution in [0.3, 0.4) is 0 Å². The van der Waals surface area contributed by atoms with Crippen molar-refractivity contribution >= 4 is 5.91 Å². The van der Waals surface area contributed by atoms with Gasteiger partial charge in [-0.1, -0.05) is 0 Å². The van der Waals surface area contributed by atoms with E-state index in [1.165, 1.54) is 0 Å². The minimum atomic E-state index is -4.17. The number of nitrogens with zero attached hydrogens (tertiary/aromatic N) is 1. The van der Waals surface area contributed by atoms with Gasteiger partial charge in [0, 0.05) is 26.1 Å². The van der Waals surface area contributed by atoms with E-state index in [1.807, 2.05) is 5.01 Å². The Balaban J connectivity index is 1.21. The number of halogens is 3. The number of carbonyl (C=O) groups is 1. The summed E-state index contributed by atoms with van der Waals surface area (Å²) in [5.41, 5.74) is 6.02. The van der Waals surface area contributed by atoms with Crippen LogP contribution in [-0.2, 0) is 9.63 Å². The van der Waals surface area contributed by atoms with Gasteiger partial charge in [-0.2, -0.15) is 18.7 Å². The van der Waals surface area contributed by atoms with Gasteiger partial charge in [0.05, 0.1) is 18.1 Å². The summed E-state index contributed by atoms with van der Waals surface area (Å²) in [7, 11) is 0. The van der Waals surface area contributed by atoms with Crippen molar-refractivity contribution in [2.24, 2.45) is 17.8 Å². The molecule has 11 heteroatoms. The second-order valence-electron chi connectivity index (χ2n) is 9.02. The van der Waals surface area contributed by atoms with Gasteiger partial charge < -0.3 is 16.0 Å². The highest BCUT2D eigenvalue weighted by atomic mass is 19.4. The highest BCUT2D eigenvalue weighted by Crippen LogP contribution is 2.36. The van der Waals surface area contributed by atoms with Crippen LogP contribution in [0.1, 0.15) is 25.7 Å². The summed E-state index contributed by atoms with van der Waals surface area (Å²) in [5, 5.41) is 11.2. The van der Waals surface area contributed by atoms with E-state index in [9.17, 15) is 18.0 Å². The highest BCUT2D eigenvalue weighted by Gasteiger charge is 2.46. The molecule has 5 atom stereocenters. The molecule has 0 aromatic carbocycles. The van der Waals surface area contributed by atoms with Crippen LogP contribution in [0.15, 0.2) is 0 Å². The molecule has 4 saturated heterocycles. The number of hydrogen-bond acceptors (Lipinski definition) is 7. The standard InChI is InChI=1S/C19H33F3N6O2/c20-19(21,22)15-3-6-24-8-13(15)10-28-11-14(9-25-28)26-18(29)16-7-17(30-27-16)12-1-4-23-5-2-12/h12-17,23-25,27H,1-11H2,(H,26,29). The van der Waals surface area contributed by atoms with Crippen molar-refractivity contribution in [2.75, 3.05) is 45.8 Å². The summed E-state index contributed by atoms with van der Waals surface area (Å²) in [6, 6.07) is -0.505. The van der Waals surface area contributed by atoms with E-state index in [4.69, 9.17) is 4.84 Å². The van der Waals surface area contributed by atoms with Crippen molar-refractivity contribution in [3.63, 3.8) is 0 Å². The summed E-state index contributed by atoms with van der Waals surface area (Å²) in [5.74, 6) is -1.41. The van der Waals surface area contributed by atoms with Crippen molar-refractivity contribution < 1.29 is 22.8 Å². The second-order valence-corrected chi connectivity index (χ2v) is 9.02. The molecular formula is C19H33F3N6O2. The van der Waals surface area contributed by atoms with Gasteiger partial charge in [-0.05, 0) is 57.3 Å². The number of piperidine rings is 2. The molecule has 8 nitrogen and oxygen atoms in total. The van der Waals surface area contributed by atoms with Gasteiger partial charge in [0.15, 0.2) is 0 Å². The number of alkyl halides is 3. The van der Waals surface area contributed by atoms with Crippen LogP contribution < -0.4 is 26.9 Å². The number of amides is 1. The molecule has 4 rings (SSSR count). The van der Waals surface area contributed by atoms with Crippen molar-refractivity contribution in [1.29, 1.82) is 0 Å². The van der Waals surface area contributed by atoms with Gasteiger partial charge in [0.25, 0.3) is 0 Å². The molecule has 5 unspecified atom stereocenters. The lowest BCUT2D eigenvalue weighted by molar-refractivity contribution is -0.196. The molecule has 0 spiro atoms. The zero-order valence-electron chi connectivity index (χ0n) is 17.1. The number of hydroxylamine groups is 1. The van der Waals surface area contributed by atoms with E-state index in [0.29, 0.717) is 45.1 Å². The monoisotopic (exact) mass is 434 g/mol. The Labute approximate surface area is 174 Å². The van der Waals surface area contributed by atoms with Gasteiger partial charge >= 0.3 is 6.18 Å². The molecule has 0 radical (unpaired) electrons. The van der Waals surface area contributed by atoms with Gasteiger partial charge in [0.2, 0.25) is 5.91 Å². The van der Waals surface area contributed by atoms with Crippen LogP contribution in [-0.4, -0.2) is 81.1 Å². The summed E-state index contributed by atoms with van der Waals surface area (Å²) >= 11 is 0. The Bertz CT molecular complexity index is 589. The van der Waals surface area contributed by atoms with E-state index in [2.05, 4.69) is 26.9 Å². The molecule has 5 N–H and O–H groups in total. The third-order valence-corrected chi connectivity index (χ3v) is 6.89. The number of hydrazine groups is 1. The van der Waals surface area contributed by atoms with Crippen LogP contribution in [0.25, 0.3) is 0 Å². The average molecular weight is 435 g/mol. The SMILES string of the molecule is O=C(NC1CNN(CC2CNCCC2C(F)(F)F)C1)C1CC(C2CCNCC2)ON1. The smallest absolute Gasteiger partial charge is 0.349 e. The van der Waals surface area contributed by atoms with E-state index < -0.39 is 18.0 Å². The molecular weight excluding hydrogens is 401 g/mol. The molecule has 0 bridgehead atoms. The predicted octanol–water partition coefficient (Wildman–Crippen LogP) is -0.259. The van der Waals surface area contributed by atoms with Gasteiger partial charge in [-0.3, -0.25) is 15.1 Å². The summed E-state index contributed by atoms with van der Waals surface area (Å²) in [6.07, 6.45) is -1.23. The molecule has 4 aliphatic rings. The topological polar surface area (TPSA) is 89.7 Å². The Morgan fingerprint density at radius 2 is 1.87 bits per heavy atom. The van der Waals surface area contributed by atoms with E-state index in [0.717, 1.165) is 25.9 Å². The molecule has 172 valence electrons. The Morgan fingerprint density at radius 3 is 2.63 bits per heavy atom. The Hall–Kier alpha value is -0.980. The molecule has 4 fully saturated rings. The minimum absolute atomic E-state index is 0.0548. The van der Waals surface area contributed by atoms with E-state index in [-0.39, 0.29) is 30.5 Å². The fourth-order valence-electron chi connectivity index (χ4n) is 5.16. The molecule has 0 aliphatic carbocycles. The van der Waals surface area contributed by atoms with Gasteiger partial charge in [-0.25, -0.2) is 5.01 Å². The molecule has 30 heavy (non-hydrogen) atoms. The fourth-order valence-corrected chi connectivity index (χ4v) is 5.16. The molecule has 0 aromatic rings. The summed E-state index contributed by atoms with van der Waals surface area (Å²) in [4.78, 5) is 18.3. The van der Waals surface area contributed by atoms with Crippen molar-refractivity contribution in [1.82, 2.24) is 31.9 Å². The molecule has 0 aromatic heterocycles. The maximum Gasteiger partial charge on any atom is 0.392 e. The first-order chi connectivity index (χ1) is 14.4. The summed E-state index contributed by atoms with van der Waals surface area (Å²) in [6.45, 7) is 4.06. The van der Waals surface area contributed by atoms with Crippen molar-refractivity contribution in [3.8, 4) is 0 Å². The Morgan fingerprint density at radius 1 is 1.10 bits per heavy atom. The first-order valence-electron chi connectivity index (χ1n) is 11.1. The fraction of sp³-hybridized carbons (Fsp3) is 0.947. The predicted molar refractivity (Wildman–Crippen MR) is 104 cm³/mol. The normalized spacial score (nSPS) is 36.8. The number of nitrogens with one attached hydrogen (secondary N) is 5. The number of carbonyl (C=O) groups excluding carboxylic acids is 1. The Kier molecular flexibility index (Phi) is 7.16. The summed E-state index contributed by atoms with van der Waals surface area (Å²) < 4.78 is 39.9. The molecule has 1 amide bonds. The zero-order valence-corrected chi connectivity index (χ0v) is 17.1. The highest BCUT2D eigenvalue weighted by molar-refractivity contribution is 5.82. The third kappa shape index (κ3) is 5.43. The third-order valence-electron chi connectivity index (χ3n) is 6.89. The maximum atomic E-state index is 13.3. The molecule has 4 heterocycles. The lowest BCUT2D eigenvalue weighted by Gasteiger charge is -2.35. The molecule has 0 saturated carbocycles. The maximum absolute atomic E-state index is 13.3. The van der Waals surface area contributed by atoms with Crippen LogP contribution in [0, 0.1) is 17.8 Å². The van der Waals surface area contributed by atoms with Crippen LogP contribution in [0.5, 0.6) is 0 Å². The lowest BCUT2D eigenvalue weighted by Crippen LogP contribution is -2.50. The van der Waals surface area contributed by atoms with Crippen LogP contribution in [0.4, 0.5) is 13.2 Å². The average Bonchev–Trinajstić information content (AvgIpc) is 3.38.